The summed E-state index contributed by atoms with van der Waals surface area (Å²) in [5, 5.41) is 15.4. The first-order valence-electron chi connectivity index (χ1n) is 6.96. The monoisotopic (exact) mass is 293 g/mol. The molecule has 2 aromatic heterocycles. The van der Waals surface area contributed by atoms with Crippen molar-refractivity contribution in [3.63, 3.8) is 0 Å². The van der Waals surface area contributed by atoms with Gasteiger partial charge in [-0.15, -0.1) is 0 Å². The van der Waals surface area contributed by atoms with Crippen LogP contribution in [0.1, 0.15) is 30.8 Å². The Morgan fingerprint density at radius 3 is 2.75 bits per heavy atom. The average Bonchev–Trinajstić information content (AvgIpc) is 2.76. The van der Waals surface area contributed by atoms with E-state index in [9.17, 15) is 5.11 Å². The van der Waals surface area contributed by atoms with Crippen molar-refractivity contribution in [2.24, 2.45) is 0 Å². The van der Waals surface area contributed by atoms with Gasteiger partial charge in [-0.2, -0.15) is 5.10 Å². The van der Waals surface area contributed by atoms with E-state index in [1.807, 2.05) is 30.7 Å². The Morgan fingerprint density at radius 2 is 2.15 bits per heavy atom. The maximum absolute atomic E-state index is 10.3. The second kappa shape index (κ2) is 6.86. The van der Waals surface area contributed by atoms with Crippen LogP contribution in [-0.2, 0) is 25.8 Å². The van der Waals surface area contributed by atoms with E-state index >= 15 is 0 Å². The van der Waals surface area contributed by atoms with E-state index in [1.165, 1.54) is 0 Å². The lowest BCUT2D eigenvalue weighted by Crippen LogP contribution is -2.17. The predicted molar refractivity (Wildman–Crippen MR) is 79.9 cm³/mol. The van der Waals surface area contributed by atoms with Gasteiger partial charge in [-0.05, 0) is 25.0 Å². The molecule has 0 amide bonds. The van der Waals surface area contributed by atoms with Crippen molar-refractivity contribution in [1.82, 2.24) is 14.8 Å². The summed E-state index contributed by atoms with van der Waals surface area (Å²) in [6, 6.07) is 3.84. The van der Waals surface area contributed by atoms with Crippen LogP contribution in [0.3, 0.4) is 0 Å². The number of halogens is 1. The Balaban J connectivity index is 2.11. The number of rotatable bonds is 6. The van der Waals surface area contributed by atoms with E-state index in [0.29, 0.717) is 17.9 Å². The molecule has 2 aromatic rings. The van der Waals surface area contributed by atoms with Gasteiger partial charge in [0.25, 0.3) is 0 Å². The van der Waals surface area contributed by atoms with Crippen molar-refractivity contribution in [3.05, 3.63) is 46.5 Å². The molecule has 0 bridgehead atoms. The fourth-order valence-corrected chi connectivity index (χ4v) is 2.64. The zero-order chi connectivity index (χ0) is 14.5. The number of aromatic nitrogens is 3. The quantitative estimate of drug-likeness (QED) is 0.891. The zero-order valence-corrected chi connectivity index (χ0v) is 12.6. The summed E-state index contributed by atoms with van der Waals surface area (Å²) in [4.78, 5) is 4.06. The molecular formula is C15H20ClN3O. The summed E-state index contributed by atoms with van der Waals surface area (Å²) in [7, 11) is 0. The van der Waals surface area contributed by atoms with Gasteiger partial charge >= 0.3 is 0 Å². The minimum Gasteiger partial charge on any atom is -0.392 e. The molecule has 108 valence electrons. The van der Waals surface area contributed by atoms with Crippen LogP contribution in [0, 0.1) is 0 Å². The first-order chi connectivity index (χ1) is 9.65. The molecule has 0 saturated heterocycles. The van der Waals surface area contributed by atoms with Crippen LogP contribution in [-0.4, -0.2) is 26.0 Å². The third-order valence-corrected chi connectivity index (χ3v) is 3.75. The first-order valence-corrected chi connectivity index (χ1v) is 7.34. The van der Waals surface area contributed by atoms with Crippen molar-refractivity contribution in [2.45, 2.75) is 45.8 Å². The van der Waals surface area contributed by atoms with Crippen LogP contribution < -0.4 is 0 Å². The largest absolute Gasteiger partial charge is 0.392 e. The Hall–Kier alpha value is -1.39. The molecule has 0 aromatic carbocycles. The van der Waals surface area contributed by atoms with Gasteiger partial charge in [-0.25, -0.2) is 0 Å². The normalized spacial score (nSPS) is 12.6. The van der Waals surface area contributed by atoms with Gasteiger partial charge in [-0.1, -0.05) is 24.6 Å². The maximum Gasteiger partial charge on any atom is 0.0850 e. The van der Waals surface area contributed by atoms with E-state index in [2.05, 4.69) is 10.1 Å². The molecule has 1 unspecified atom stereocenters. The summed E-state index contributed by atoms with van der Waals surface area (Å²) in [6.45, 7) is 4.82. The Labute approximate surface area is 124 Å². The van der Waals surface area contributed by atoms with Crippen LogP contribution in [0.15, 0.2) is 24.5 Å². The fraction of sp³-hybridized carbons (Fsp3) is 0.467. The molecule has 0 fully saturated rings. The van der Waals surface area contributed by atoms with E-state index in [4.69, 9.17) is 11.6 Å². The molecule has 1 N–H and O–H groups in total. The number of hydrogen-bond acceptors (Lipinski definition) is 3. The standard InChI is InChI=1S/C15H20ClN3O/c1-3-13-15(16)14(19(4-2)18-13)9-12(20)8-11-6-5-7-17-10-11/h5-7,10,12,20H,3-4,8-9H2,1-2H3. The van der Waals surface area contributed by atoms with E-state index in [1.54, 1.807) is 12.4 Å². The third-order valence-electron chi connectivity index (χ3n) is 3.32. The SMILES string of the molecule is CCc1nn(CC)c(CC(O)Cc2cccnc2)c1Cl. The summed E-state index contributed by atoms with van der Waals surface area (Å²) < 4.78 is 1.88. The Bertz CT molecular complexity index is 554. The van der Waals surface area contributed by atoms with E-state index in [-0.39, 0.29) is 0 Å². The summed E-state index contributed by atoms with van der Waals surface area (Å²) >= 11 is 6.35. The zero-order valence-electron chi connectivity index (χ0n) is 11.9. The minimum atomic E-state index is -0.483. The molecule has 2 rings (SSSR count). The second-order valence-electron chi connectivity index (χ2n) is 4.80. The highest BCUT2D eigenvalue weighted by atomic mass is 35.5. The lowest BCUT2D eigenvalue weighted by molar-refractivity contribution is 0.172. The molecule has 0 saturated carbocycles. The molecule has 0 aliphatic heterocycles. The molecule has 0 aliphatic carbocycles. The molecule has 0 aliphatic rings. The van der Waals surface area contributed by atoms with Crippen molar-refractivity contribution >= 4 is 11.6 Å². The lowest BCUT2D eigenvalue weighted by Gasteiger charge is -2.12. The van der Waals surface area contributed by atoms with Gasteiger partial charge in [0.15, 0.2) is 0 Å². The molecular weight excluding hydrogens is 274 g/mol. The van der Waals surface area contributed by atoms with Crippen LogP contribution in [0.4, 0.5) is 0 Å². The van der Waals surface area contributed by atoms with Crippen molar-refractivity contribution in [1.29, 1.82) is 0 Å². The van der Waals surface area contributed by atoms with Gasteiger partial charge in [0.2, 0.25) is 0 Å². The molecule has 4 nitrogen and oxygen atoms in total. The summed E-state index contributed by atoms with van der Waals surface area (Å²) in [5.41, 5.74) is 2.84. The molecule has 20 heavy (non-hydrogen) atoms. The van der Waals surface area contributed by atoms with E-state index < -0.39 is 6.10 Å². The average molecular weight is 294 g/mol. The van der Waals surface area contributed by atoms with Crippen molar-refractivity contribution in [2.75, 3.05) is 0 Å². The number of aliphatic hydroxyl groups is 1. The molecule has 0 radical (unpaired) electrons. The highest BCUT2D eigenvalue weighted by Crippen LogP contribution is 2.23. The van der Waals surface area contributed by atoms with Crippen LogP contribution in [0.25, 0.3) is 0 Å². The van der Waals surface area contributed by atoms with Crippen molar-refractivity contribution < 1.29 is 5.11 Å². The number of hydrogen-bond donors (Lipinski definition) is 1. The Morgan fingerprint density at radius 1 is 1.35 bits per heavy atom. The van der Waals surface area contributed by atoms with E-state index in [0.717, 1.165) is 29.9 Å². The topological polar surface area (TPSA) is 50.9 Å². The second-order valence-corrected chi connectivity index (χ2v) is 5.18. The fourth-order valence-electron chi connectivity index (χ4n) is 2.30. The summed E-state index contributed by atoms with van der Waals surface area (Å²) in [6.07, 6.45) is 4.90. The number of aliphatic hydroxyl groups excluding tert-OH is 1. The number of pyridine rings is 1. The predicted octanol–water partition coefficient (Wildman–Crippen LogP) is 2.66. The van der Waals surface area contributed by atoms with Crippen LogP contribution in [0.5, 0.6) is 0 Å². The van der Waals surface area contributed by atoms with Gasteiger partial charge in [0.1, 0.15) is 0 Å². The third kappa shape index (κ3) is 3.38. The Kier molecular flexibility index (Phi) is 5.15. The van der Waals surface area contributed by atoms with Crippen LogP contribution >= 0.6 is 11.6 Å². The number of aryl methyl sites for hydroxylation is 2. The number of nitrogens with zero attached hydrogens (tertiary/aromatic N) is 3. The smallest absolute Gasteiger partial charge is 0.0850 e. The highest BCUT2D eigenvalue weighted by molar-refractivity contribution is 6.31. The van der Waals surface area contributed by atoms with Crippen LogP contribution in [0.2, 0.25) is 5.02 Å². The highest BCUT2D eigenvalue weighted by Gasteiger charge is 2.17. The molecule has 5 heteroatoms. The van der Waals surface area contributed by atoms with Gasteiger partial charge < -0.3 is 5.11 Å². The molecule has 2 heterocycles. The van der Waals surface area contributed by atoms with Crippen molar-refractivity contribution in [3.8, 4) is 0 Å². The lowest BCUT2D eigenvalue weighted by atomic mass is 10.1. The maximum atomic E-state index is 10.3. The van der Waals surface area contributed by atoms with Gasteiger partial charge in [-0.3, -0.25) is 9.67 Å². The summed E-state index contributed by atoms with van der Waals surface area (Å²) in [5.74, 6) is 0. The van der Waals surface area contributed by atoms with Gasteiger partial charge in [0, 0.05) is 31.8 Å². The molecule has 1 atom stereocenters. The molecule has 0 spiro atoms. The van der Waals surface area contributed by atoms with Gasteiger partial charge in [0.05, 0.1) is 22.5 Å². The minimum absolute atomic E-state index is 0.483. The first kappa shape index (κ1) is 15.0.